The topological polar surface area (TPSA) is 26.3 Å². The summed E-state index contributed by atoms with van der Waals surface area (Å²) in [5.41, 5.74) is 1.34. The second kappa shape index (κ2) is 9.44. The number of hydrogen-bond acceptors (Lipinski definition) is 2. The van der Waals surface area contributed by atoms with E-state index in [-0.39, 0.29) is 21.7 Å². The van der Waals surface area contributed by atoms with Gasteiger partial charge in [-0.05, 0) is 66.9 Å². The van der Waals surface area contributed by atoms with Gasteiger partial charge in [0.15, 0.2) is 14.7 Å². The van der Waals surface area contributed by atoms with E-state index in [2.05, 4.69) is 78.3 Å². The summed E-state index contributed by atoms with van der Waals surface area (Å²) in [4.78, 5) is 15.2. The molecule has 144 valence electrons. The van der Waals surface area contributed by atoms with Crippen molar-refractivity contribution in [1.29, 1.82) is 0 Å². The van der Waals surface area contributed by atoms with Gasteiger partial charge in [-0.2, -0.15) is 0 Å². The van der Waals surface area contributed by atoms with Crippen molar-refractivity contribution in [2.24, 2.45) is 0 Å². The summed E-state index contributed by atoms with van der Waals surface area (Å²) in [5.74, 6) is 0.782. The first kappa shape index (κ1) is 20.7. The van der Waals surface area contributed by atoms with Gasteiger partial charge in [-0.15, -0.1) is 0 Å². The number of halogens is 1. The Hall–Kier alpha value is -2.04. The van der Waals surface area contributed by atoms with Crippen LogP contribution in [0.25, 0.3) is 0 Å². The summed E-state index contributed by atoms with van der Waals surface area (Å²) >= 11 is 3.24. The third-order valence-corrected chi connectivity index (χ3v) is 6.97. The van der Waals surface area contributed by atoms with Crippen LogP contribution in [0.2, 0.25) is 0 Å². The fourth-order valence-corrected chi connectivity index (χ4v) is 4.95. The van der Waals surface area contributed by atoms with Crippen LogP contribution in [0.15, 0.2) is 93.5 Å². The number of alkyl halides is 1. The van der Waals surface area contributed by atoms with E-state index in [4.69, 9.17) is 4.74 Å². The van der Waals surface area contributed by atoms with Crippen LogP contribution in [0.1, 0.15) is 32.3 Å². The first-order chi connectivity index (χ1) is 13.5. The van der Waals surface area contributed by atoms with E-state index in [1.807, 2.05) is 30.3 Å². The van der Waals surface area contributed by atoms with E-state index in [1.54, 1.807) is 6.92 Å². The third kappa shape index (κ3) is 5.06. The SMILES string of the molecule is CC(Br)C(=O)Oc1ccc([S+](c2ccccc2)c2ccc(C(C)C)cc2)cc1. The molecule has 0 aliphatic carbocycles. The van der Waals surface area contributed by atoms with E-state index < -0.39 is 0 Å². The largest absolute Gasteiger partial charge is 0.426 e. The maximum Gasteiger partial charge on any atom is 0.324 e. The van der Waals surface area contributed by atoms with Crippen LogP contribution in [-0.2, 0) is 15.7 Å². The molecule has 0 spiro atoms. The molecule has 3 rings (SSSR count). The lowest BCUT2D eigenvalue weighted by Crippen LogP contribution is -2.17. The Labute approximate surface area is 178 Å². The summed E-state index contributed by atoms with van der Waals surface area (Å²) < 4.78 is 5.38. The van der Waals surface area contributed by atoms with Crippen LogP contribution in [0.4, 0.5) is 0 Å². The average molecular weight is 456 g/mol. The lowest BCUT2D eigenvalue weighted by molar-refractivity contribution is -0.133. The number of esters is 1. The van der Waals surface area contributed by atoms with Gasteiger partial charge in [-0.3, -0.25) is 4.79 Å². The standard InChI is InChI=1S/C24H24BrO2S/c1-17(2)19-9-13-22(14-10-19)28(21-7-5-4-6-8-21)23-15-11-20(12-16-23)27-24(26)18(3)25/h4-18H,1-3H3/q+1. The van der Waals surface area contributed by atoms with Gasteiger partial charge in [0.1, 0.15) is 10.6 Å². The molecular weight excluding hydrogens is 432 g/mol. The highest BCUT2D eigenvalue weighted by Gasteiger charge is 2.28. The molecule has 4 heteroatoms. The summed E-state index contributed by atoms with van der Waals surface area (Å²) in [6.07, 6.45) is 0. The zero-order chi connectivity index (χ0) is 20.1. The van der Waals surface area contributed by atoms with Gasteiger partial charge in [-0.25, -0.2) is 0 Å². The zero-order valence-corrected chi connectivity index (χ0v) is 18.7. The van der Waals surface area contributed by atoms with Crippen molar-refractivity contribution in [3.63, 3.8) is 0 Å². The van der Waals surface area contributed by atoms with Crippen molar-refractivity contribution in [2.75, 3.05) is 0 Å². The van der Waals surface area contributed by atoms with Crippen molar-refractivity contribution in [2.45, 2.75) is 46.2 Å². The van der Waals surface area contributed by atoms with Crippen LogP contribution in [-0.4, -0.2) is 10.8 Å². The molecule has 2 unspecified atom stereocenters. The average Bonchev–Trinajstić information content (AvgIpc) is 2.70. The minimum Gasteiger partial charge on any atom is -0.426 e. The van der Waals surface area contributed by atoms with Gasteiger partial charge in [0.2, 0.25) is 0 Å². The molecule has 28 heavy (non-hydrogen) atoms. The van der Waals surface area contributed by atoms with Gasteiger partial charge < -0.3 is 4.74 Å². The molecule has 0 radical (unpaired) electrons. The lowest BCUT2D eigenvalue weighted by atomic mass is 10.0. The first-order valence-electron chi connectivity index (χ1n) is 9.31. The highest BCUT2D eigenvalue weighted by atomic mass is 79.9. The van der Waals surface area contributed by atoms with Crippen molar-refractivity contribution >= 4 is 32.8 Å². The minimum atomic E-state index is -0.328. The Morgan fingerprint density at radius 2 is 1.29 bits per heavy atom. The van der Waals surface area contributed by atoms with Crippen molar-refractivity contribution in [3.05, 3.63) is 84.4 Å². The number of benzene rings is 3. The number of hydrogen-bond donors (Lipinski definition) is 0. The second-order valence-electron chi connectivity index (χ2n) is 6.85. The zero-order valence-electron chi connectivity index (χ0n) is 16.3. The predicted molar refractivity (Wildman–Crippen MR) is 120 cm³/mol. The number of carbonyl (C=O) groups excluding carboxylic acids is 1. The molecule has 0 saturated carbocycles. The molecule has 0 aliphatic rings. The second-order valence-corrected chi connectivity index (χ2v) is 10.3. The Morgan fingerprint density at radius 3 is 1.79 bits per heavy atom. The van der Waals surface area contributed by atoms with E-state index in [0.29, 0.717) is 11.7 Å². The normalized spacial score (nSPS) is 13.2. The van der Waals surface area contributed by atoms with E-state index in [0.717, 1.165) is 0 Å². The molecular formula is C24H24BrO2S+. The third-order valence-electron chi connectivity index (χ3n) is 4.36. The highest BCUT2D eigenvalue weighted by Crippen LogP contribution is 2.33. The predicted octanol–water partition coefficient (Wildman–Crippen LogP) is 6.59. The molecule has 0 bridgehead atoms. The minimum absolute atomic E-state index is 0.216. The molecule has 3 aromatic rings. The van der Waals surface area contributed by atoms with E-state index >= 15 is 0 Å². The maximum atomic E-state index is 11.8. The Balaban J connectivity index is 1.95. The maximum absolute atomic E-state index is 11.8. The molecule has 2 nitrogen and oxygen atoms in total. The molecule has 0 aromatic heterocycles. The summed E-state index contributed by atoms with van der Waals surface area (Å²) in [7, 11) is -0.216. The quantitative estimate of drug-likeness (QED) is 0.181. The molecule has 3 aromatic carbocycles. The van der Waals surface area contributed by atoms with Gasteiger partial charge in [-0.1, -0.05) is 60.1 Å². The Kier molecular flexibility index (Phi) is 6.97. The fourth-order valence-electron chi connectivity index (χ4n) is 2.79. The van der Waals surface area contributed by atoms with E-state index in [9.17, 15) is 4.79 Å². The number of ether oxygens (including phenoxy) is 1. The van der Waals surface area contributed by atoms with Crippen molar-refractivity contribution < 1.29 is 9.53 Å². The Bertz CT molecular complexity index is 904. The lowest BCUT2D eigenvalue weighted by Gasteiger charge is -2.11. The van der Waals surface area contributed by atoms with Crippen LogP contribution >= 0.6 is 15.9 Å². The van der Waals surface area contributed by atoms with Gasteiger partial charge >= 0.3 is 5.97 Å². The van der Waals surface area contributed by atoms with Crippen LogP contribution in [0, 0.1) is 0 Å². The monoisotopic (exact) mass is 455 g/mol. The van der Waals surface area contributed by atoms with Crippen LogP contribution in [0.3, 0.4) is 0 Å². The van der Waals surface area contributed by atoms with Gasteiger partial charge in [0, 0.05) is 0 Å². The van der Waals surface area contributed by atoms with Crippen LogP contribution < -0.4 is 4.74 Å². The summed E-state index contributed by atoms with van der Waals surface area (Å²) in [6.45, 7) is 6.17. The first-order valence-corrected chi connectivity index (χ1v) is 11.4. The fraction of sp³-hybridized carbons (Fsp3) is 0.208. The van der Waals surface area contributed by atoms with Gasteiger partial charge in [0.05, 0.1) is 10.9 Å². The molecule has 0 heterocycles. The summed E-state index contributed by atoms with van der Waals surface area (Å²) in [5, 5.41) is 0. The molecule has 0 aliphatic heterocycles. The van der Waals surface area contributed by atoms with E-state index in [1.165, 1.54) is 20.2 Å². The smallest absolute Gasteiger partial charge is 0.324 e. The van der Waals surface area contributed by atoms with Gasteiger partial charge in [0.25, 0.3) is 0 Å². The molecule has 0 saturated heterocycles. The molecule has 0 amide bonds. The number of carbonyl (C=O) groups is 1. The molecule has 2 atom stereocenters. The molecule has 0 fully saturated rings. The molecule has 0 N–H and O–H groups in total. The highest BCUT2D eigenvalue weighted by molar-refractivity contribution is 9.10. The van der Waals surface area contributed by atoms with Crippen molar-refractivity contribution in [3.8, 4) is 5.75 Å². The van der Waals surface area contributed by atoms with Crippen LogP contribution in [0.5, 0.6) is 5.75 Å². The van der Waals surface area contributed by atoms with Crippen molar-refractivity contribution in [1.82, 2.24) is 0 Å². The Morgan fingerprint density at radius 1 is 0.786 bits per heavy atom. The number of rotatable bonds is 6. The summed E-state index contributed by atoms with van der Waals surface area (Å²) in [6, 6.07) is 27.3.